The van der Waals surface area contributed by atoms with E-state index in [0.717, 1.165) is 19.1 Å². The van der Waals surface area contributed by atoms with Crippen molar-refractivity contribution in [3.63, 3.8) is 0 Å². The molecule has 0 aliphatic heterocycles. The molecule has 0 aliphatic rings. The minimum absolute atomic E-state index is 0.171. The molecular formula is C13H17NO3. The molecule has 2 N–H and O–H groups in total. The molecule has 0 spiro atoms. The van der Waals surface area contributed by atoms with Crippen LogP contribution >= 0.6 is 0 Å². The molecular weight excluding hydrogens is 218 g/mol. The molecule has 0 bridgehead atoms. The van der Waals surface area contributed by atoms with Crippen molar-refractivity contribution in [3.8, 4) is 0 Å². The highest BCUT2D eigenvalue weighted by Gasteiger charge is 2.18. The summed E-state index contributed by atoms with van der Waals surface area (Å²) in [6, 6.07) is 10.00. The quantitative estimate of drug-likeness (QED) is 0.576. The van der Waals surface area contributed by atoms with Crippen LogP contribution in [0.5, 0.6) is 0 Å². The summed E-state index contributed by atoms with van der Waals surface area (Å²) in [7, 11) is 0. The van der Waals surface area contributed by atoms with Gasteiger partial charge in [-0.3, -0.25) is 4.79 Å². The van der Waals surface area contributed by atoms with Crippen molar-refractivity contribution in [1.29, 1.82) is 0 Å². The van der Waals surface area contributed by atoms with Gasteiger partial charge in [0.1, 0.15) is 6.29 Å². The molecule has 0 radical (unpaired) electrons. The number of hydrogen-bond donors (Lipinski definition) is 1. The first kappa shape index (κ1) is 13.4. The van der Waals surface area contributed by atoms with E-state index in [0.29, 0.717) is 6.42 Å². The van der Waals surface area contributed by atoms with Gasteiger partial charge < -0.3 is 9.63 Å². The van der Waals surface area contributed by atoms with Crippen LogP contribution in [-0.4, -0.2) is 12.3 Å². The van der Waals surface area contributed by atoms with Gasteiger partial charge >= 0.3 is 5.97 Å². The lowest BCUT2D eigenvalue weighted by Gasteiger charge is -2.10. The fourth-order valence-corrected chi connectivity index (χ4v) is 1.74. The number of carbonyl (C=O) groups excluding carboxylic acids is 2. The second-order valence-corrected chi connectivity index (χ2v) is 3.91. The fraction of sp³-hybridized carbons (Fsp3) is 0.385. The molecule has 0 heterocycles. The highest BCUT2D eigenvalue weighted by atomic mass is 16.7. The topological polar surface area (TPSA) is 69.4 Å². The monoisotopic (exact) mass is 235 g/mol. The molecule has 1 aromatic carbocycles. The van der Waals surface area contributed by atoms with E-state index in [1.54, 1.807) is 0 Å². The SMILES string of the molecule is NOC(=O)C(CC=O)CCCc1ccccc1. The predicted octanol–water partition coefficient (Wildman–Crippen LogP) is 1.63. The van der Waals surface area contributed by atoms with E-state index in [4.69, 9.17) is 5.90 Å². The number of hydrogen-bond acceptors (Lipinski definition) is 4. The number of rotatable bonds is 7. The minimum atomic E-state index is -0.509. The molecule has 92 valence electrons. The van der Waals surface area contributed by atoms with Crippen LogP contribution < -0.4 is 5.90 Å². The summed E-state index contributed by atoms with van der Waals surface area (Å²) in [5.41, 5.74) is 1.22. The number of aldehydes is 1. The highest BCUT2D eigenvalue weighted by Crippen LogP contribution is 2.14. The van der Waals surface area contributed by atoms with Crippen LogP contribution in [0.3, 0.4) is 0 Å². The van der Waals surface area contributed by atoms with Crippen molar-refractivity contribution in [3.05, 3.63) is 35.9 Å². The van der Waals surface area contributed by atoms with Crippen LogP contribution in [-0.2, 0) is 20.8 Å². The maximum atomic E-state index is 11.2. The number of nitrogens with two attached hydrogens (primary N) is 1. The lowest BCUT2D eigenvalue weighted by molar-refractivity contribution is -0.150. The molecule has 4 nitrogen and oxygen atoms in total. The van der Waals surface area contributed by atoms with E-state index in [2.05, 4.69) is 4.84 Å². The number of benzene rings is 1. The first-order valence-electron chi connectivity index (χ1n) is 5.66. The van der Waals surface area contributed by atoms with E-state index in [1.165, 1.54) is 5.56 Å². The summed E-state index contributed by atoms with van der Waals surface area (Å²) in [6.07, 6.45) is 3.23. The molecule has 1 unspecified atom stereocenters. The Balaban J connectivity index is 2.37. The number of aryl methyl sites for hydroxylation is 1. The Morgan fingerprint density at radius 1 is 1.35 bits per heavy atom. The average Bonchev–Trinajstić information content (AvgIpc) is 2.38. The van der Waals surface area contributed by atoms with Crippen molar-refractivity contribution < 1.29 is 14.4 Å². The van der Waals surface area contributed by atoms with Gasteiger partial charge in [-0.15, -0.1) is 0 Å². The van der Waals surface area contributed by atoms with Crippen LogP contribution in [0.15, 0.2) is 30.3 Å². The third kappa shape index (κ3) is 4.78. The standard InChI is InChI=1S/C13H17NO3/c14-17-13(16)12(9-10-15)8-4-7-11-5-2-1-3-6-11/h1-3,5-6,10,12H,4,7-9,14H2. The first-order chi connectivity index (χ1) is 8.27. The zero-order valence-electron chi connectivity index (χ0n) is 9.67. The molecule has 0 amide bonds. The maximum absolute atomic E-state index is 11.2. The average molecular weight is 235 g/mol. The molecule has 0 saturated heterocycles. The molecule has 0 aliphatic carbocycles. The van der Waals surface area contributed by atoms with Crippen molar-refractivity contribution in [2.45, 2.75) is 25.7 Å². The molecule has 1 atom stereocenters. The third-order valence-electron chi connectivity index (χ3n) is 2.69. The normalized spacial score (nSPS) is 11.8. The summed E-state index contributed by atoms with van der Waals surface area (Å²) in [5, 5.41) is 0. The van der Waals surface area contributed by atoms with Gasteiger partial charge in [0.05, 0.1) is 5.92 Å². The second-order valence-electron chi connectivity index (χ2n) is 3.91. The van der Waals surface area contributed by atoms with Gasteiger partial charge in [-0.05, 0) is 24.8 Å². The molecule has 1 rings (SSSR count). The zero-order valence-corrected chi connectivity index (χ0v) is 9.67. The van der Waals surface area contributed by atoms with Crippen LogP contribution in [0.4, 0.5) is 0 Å². The van der Waals surface area contributed by atoms with Crippen molar-refractivity contribution in [1.82, 2.24) is 0 Å². The lowest BCUT2D eigenvalue weighted by atomic mass is 9.97. The Bertz CT molecular complexity index is 351. The zero-order chi connectivity index (χ0) is 12.5. The van der Waals surface area contributed by atoms with Gasteiger partial charge in [0.15, 0.2) is 0 Å². The van der Waals surface area contributed by atoms with Gasteiger partial charge in [-0.1, -0.05) is 30.3 Å². The summed E-state index contributed by atoms with van der Waals surface area (Å²) >= 11 is 0. The Hall–Kier alpha value is -1.68. The summed E-state index contributed by atoms with van der Waals surface area (Å²) < 4.78 is 0. The Morgan fingerprint density at radius 2 is 2.06 bits per heavy atom. The Morgan fingerprint density at radius 3 is 2.65 bits per heavy atom. The van der Waals surface area contributed by atoms with Gasteiger partial charge in [-0.25, -0.2) is 0 Å². The summed E-state index contributed by atoms with van der Waals surface area (Å²) in [6.45, 7) is 0. The summed E-state index contributed by atoms with van der Waals surface area (Å²) in [5.74, 6) is 3.90. The molecule has 0 saturated carbocycles. The first-order valence-corrected chi connectivity index (χ1v) is 5.66. The molecule has 0 aromatic heterocycles. The van der Waals surface area contributed by atoms with Gasteiger partial charge in [0.2, 0.25) is 0 Å². The van der Waals surface area contributed by atoms with E-state index < -0.39 is 11.9 Å². The van der Waals surface area contributed by atoms with E-state index >= 15 is 0 Å². The van der Waals surface area contributed by atoms with Crippen LogP contribution in [0.1, 0.15) is 24.8 Å². The van der Waals surface area contributed by atoms with Crippen LogP contribution in [0, 0.1) is 5.92 Å². The van der Waals surface area contributed by atoms with E-state index in [-0.39, 0.29) is 6.42 Å². The molecule has 17 heavy (non-hydrogen) atoms. The fourth-order valence-electron chi connectivity index (χ4n) is 1.74. The largest absolute Gasteiger partial charge is 0.373 e. The van der Waals surface area contributed by atoms with E-state index in [1.807, 2.05) is 30.3 Å². The van der Waals surface area contributed by atoms with E-state index in [9.17, 15) is 9.59 Å². The van der Waals surface area contributed by atoms with Gasteiger partial charge in [0, 0.05) is 6.42 Å². The lowest BCUT2D eigenvalue weighted by Crippen LogP contribution is -2.21. The highest BCUT2D eigenvalue weighted by molar-refractivity contribution is 5.75. The summed E-state index contributed by atoms with van der Waals surface area (Å²) in [4.78, 5) is 25.8. The smallest absolute Gasteiger partial charge is 0.327 e. The molecule has 4 heteroatoms. The van der Waals surface area contributed by atoms with Crippen molar-refractivity contribution in [2.24, 2.45) is 11.8 Å². The molecule has 0 fully saturated rings. The minimum Gasteiger partial charge on any atom is -0.373 e. The maximum Gasteiger partial charge on any atom is 0.327 e. The van der Waals surface area contributed by atoms with Crippen LogP contribution in [0.25, 0.3) is 0 Å². The van der Waals surface area contributed by atoms with Crippen molar-refractivity contribution in [2.75, 3.05) is 0 Å². The van der Waals surface area contributed by atoms with Gasteiger partial charge in [-0.2, -0.15) is 5.90 Å². The molecule has 1 aromatic rings. The third-order valence-corrected chi connectivity index (χ3v) is 2.69. The Kier molecular flexibility index (Phi) is 5.96. The van der Waals surface area contributed by atoms with Crippen LogP contribution in [0.2, 0.25) is 0 Å². The second kappa shape index (κ2) is 7.57. The van der Waals surface area contributed by atoms with Crippen molar-refractivity contribution >= 4 is 12.3 Å². The number of carbonyl (C=O) groups is 2. The Labute approximate surface area is 101 Å². The van der Waals surface area contributed by atoms with Gasteiger partial charge in [0.25, 0.3) is 0 Å². The predicted molar refractivity (Wildman–Crippen MR) is 63.8 cm³/mol.